The zero-order valence-corrected chi connectivity index (χ0v) is 12.4. The number of hydrogen-bond donors (Lipinski definition) is 1. The first-order valence-electron chi connectivity index (χ1n) is 5.50. The van der Waals surface area contributed by atoms with Crippen molar-refractivity contribution < 1.29 is 14.2 Å². The van der Waals surface area contributed by atoms with Gasteiger partial charge in [-0.2, -0.15) is 0 Å². The predicted octanol–water partition coefficient (Wildman–Crippen LogP) is 4.33. The average molecular weight is 346 g/mol. The molecule has 2 aromatic rings. The van der Waals surface area contributed by atoms with Crippen LogP contribution in [0.5, 0.6) is 5.75 Å². The zero-order chi connectivity index (χ0) is 14.0. The van der Waals surface area contributed by atoms with Crippen LogP contribution in [0.25, 0.3) is 0 Å². The average Bonchev–Trinajstić information content (AvgIpc) is 2.41. The van der Waals surface area contributed by atoms with Crippen molar-refractivity contribution in [1.82, 2.24) is 0 Å². The second-order valence-electron chi connectivity index (χ2n) is 3.94. The first kappa shape index (κ1) is 14.3. The molecule has 1 atom stereocenters. The number of methoxy groups -OCH3 is 1. The molecule has 2 nitrogen and oxygen atoms in total. The third kappa shape index (κ3) is 2.91. The summed E-state index contributed by atoms with van der Waals surface area (Å²) in [7, 11) is 1.51. The Kier molecular flexibility index (Phi) is 4.45. The number of ether oxygens (including phenoxy) is 1. The molecular formula is C14H11BrClFO2. The second kappa shape index (κ2) is 5.90. The summed E-state index contributed by atoms with van der Waals surface area (Å²) in [4.78, 5) is 0. The van der Waals surface area contributed by atoms with Crippen molar-refractivity contribution >= 4 is 27.5 Å². The molecule has 1 N–H and O–H groups in total. The molecule has 0 aliphatic heterocycles. The Hall–Kier alpha value is -1.10. The summed E-state index contributed by atoms with van der Waals surface area (Å²) >= 11 is 9.14. The van der Waals surface area contributed by atoms with E-state index in [0.717, 1.165) is 0 Å². The zero-order valence-electron chi connectivity index (χ0n) is 10.0. The molecule has 0 aromatic heterocycles. The van der Waals surface area contributed by atoms with Crippen LogP contribution in [0.2, 0.25) is 5.02 Å². The van der Waals surface area contributed by atoms with Gasteiger partial charge in [0.25, 0.3) is 0 Å². The van der Waals surface area contributed by atoms with Gasteiger partial charge in [-0.25, -0.2) is 4.39 Å². The van der Waals surface area contributed by atoms with Crippen molar-refractivity contribution in [3.8, 4) is 5.75 Å². The van der Waals surface area contributed by atoms with E-state index in [1.54, 1.807) is 30.3 Å². The molecule has 0 saturated carbocycles. The number of aliphatic hydroxyl groups is 1. The Bertz CT molecular complexity index is 604. The molecule has 0 heterocycles. The second-order valence-corrected chi connectivity index (χ2v) is 5.14. The molecule has 0 spiro atoms. The minimum atomic E-state index is -0.964. The maximum Gasteiger partial charge on any atom is 0.137 e. The highest BCUT2D eigenvalue weighted by Gasteiger charge is 2.17. The Balaban J connectivity index is 2.41. The molecule has 0 saturated heterocycles. The number of aliphatic hydroxyl groups excluding tert-OH is 1. The molecule has 0 radical (unpaired) electrons. The molecule has 0 amide bonds. The first-order chi connectivity index (χ1) is 9.04. The van der Waals surface area contributed by atoms with E-state index in [1.165, 1.54) is 13.2 Å². The van der Waals surface area contributed by atoms with Crippen LogP contribution in [0.15, 0.2) is 40.9 Å². The fourth-order valence-corrected chi connectivity index (χ4v) is 2.51. The molecular weight excluding hydrogens is 335 g/mol. The summed E-state index contributed by atoms with van der Waals surface area (Å²) in [6.07, 6.45) is -0.964. The van der Waals surface area contributed by atoms with Gasteiger partial charge in [0.05, 0.1) is 16.6 Å². The summed E-state index contributed by atoms with van der Waals surface area (Å²) in [5.74, 6) is 0.104. The van der Waals surface area contributed by atoms with E-state index in [-0.39, 0.29) is 4.47 Å². The first-order valence-corrected chi connectivity index (χ1v) is 6.67. The summed E-state index contributed by atoms with van der Waals surface area (Å²) in [5.41, 5.74) is 1.01. The van der Waals surface area contributed by atoms with E-state index in [9.17, 15) is 9.50 Å². The van der Waals surface area contributed by atoms with E-state index in [1.807, 2.05) is 0 Å². The lowest BCUT2D eigenvalue weighted by Gasteiger charge is -2.15. The standard InChI is InChI=1S/C14H11BrClFO2/c1-19-12-6-5-8(7-10(12)16)14(18)9-3-2-4-11(17)13(9)15/h2-7,14,18H,1H3. The van der Waals surface area contributed by atoms with Crippen LogP contribution < -0.4 is 4.74 Å². The van der Waals surface area contributed by atoms with E-state index >= 15 is 0 Å². The molecule has 0 fully saturated rings. The fraction of sp³-hybridized carbons (Fsp3) is 0.143. The largest absolute Gasteiger partial charge is 0.495 e. The smallest absolute Gasteiger partial charge is 0.137 e. The van der Waals surface area contributed by atoms with Crippen molar-refractivity contribution in [2.75, 3.05) is 7.11 Å². The molecule has 2 aromatic carbocycles. The van der Waals surface area contributed by atoms with E-state index in [2.05, 4.69) is 15.9 Å². The molecule has 100 valence electrons. The molecule has 19 heavy (non-hydrogen) atoms. The van der Waals surface area contributed by atoms with Gasteiger partial charge in [-0.15, -0.1) is 0 Å². The van der Waals surface area contributed by atoms with Gasteiger partial charge in [0.15, 0.2) is 0 Å². The van der Waals surface area contributed by atoms with Crippen LogP contribution in [0.1, 0.15) is 17.2 Å². The summed E-state index contributed by atoms with van der Waals surface area (Å²) in [6, 6.07) is 9.46. The lowest BCUT2D eigenvalue weighted by Crippen LogP contribution is -2.02. The highest BCUT2D eigenvalue weighted by atomic mass is 79.9. The van der Waals surface area contributed by atoms with Gasteiger partial charge >= 0.3 is 0 Å². The van der Waals surface area contributed by atoms with Crippen molar-refractivity contribution in [2.24, 2.45) is 0 Å². The molecule has 0 aliphatic rings. The van der Waals surface area contributed by atoms with Crippen LogP contribution in [0, 0.1) is 5.82 Å². The van der Waals surface area contributed by atoms with Crippen LogP contribution >= 0.6 is 27.5 Å². The number of rotatable bonds is 3. The topological polar surface area (TPSA) is 29.5 Å². The van der Waals surface area contributed by atoms with Gasteiger partial charge in [-0.3, -0.25) is 0 Å². The molecule has 2 rings (SSSR count). The van der Waals surface area contributed by atoms with Crippen LogP contribution in [0.3, 0.4) is 0 Å². The molecule has 1 unspecified atom stereocenters. The van der Waals surface area contributed by atoms with E-state index in [4.69, 9.17) is 16.3 Å². The maximum atomic E-state index is 13.4. The summed E-state index contributed by atoms with van der Waals surface area (Å²) < 4.78 is 18.7. The summed E-state index contributed by atoms with van der Waals surface area (Å²) in [5, 5.41) is 10.7. The third-order valence-corrected chi connectivity index (χ3v) is 3.90. The SMILES string of the molecule is COc1ccc(C(O)c2cccc(F)c2Br)cc1Cl. The maximum absolute atomic E-state index is 13.4. The van der Waals surface area contributed by atoms with Gasteiger partial charge in [-0.1, -0.05) is 29.8 Å². The number of halogens is 3. The Labute approximate surface area is 123 Å². The minimum absolute atomic E-state index is 0.245. The van der Waals surface area contributed by atoms with Crippen molar-refractivity contribution in [2.45, 2.75) is 6.10 Å². The predicted molar refractivity (Wildman–Crippen MR) is 76.2 cm³/mol. The third-order valence-electron chi connectivity index (χ3n) is 2.77. The number of benzene rings is 2. The van der Waals surface area contributed by atoms with Crippen LogP contribution in [0.4, 0.5) is 4.39 Å². The molecule has 0 aliphatic carbocycles. The lowest BCUT2D eigenvalue weighted by molar-refractivity contribution is 0.219. The summed E-state index contributed by atoms with van der Waals surface area (Å²) in [6.45, 7) is 0. The number of hydrogen-bond acceptors (Lipinski definition) is 2. The molecule has 5 heteroatoms. The fourth-order valence-electron chi connectivity index (χ4n) is 1.76. The molecule has 0 bridgehead atoms. The van der Waals surface area contributed by atoms with Crippen LogP contribution in [-0.4, -0.2) is 12.2 Å². The van der Waals surface area contributed by atoms with Gasteiger partial charge in [0.2, 0.25) is 0 Å². The van der Waals surface area contributed by atoms with Gasteiger partial charge < -0.3 is 9.84 Å². The Morgan fingerprint density at radius 3 is 2.68 bits per heavy atom. The highest BCUT2D eigenvalue weighted by molar-refractivity contribution is 9.10. The van der Waals surface area contributed by atoms with Crippen LogP contribution in [-0.2, 0) is 0 Å². The lowest BCUT2D eigenvalue weighted by atomic mass is 10.0. The Morgan fingerprint density at radius 2 is 2.05 bits per heavy atom. The van der Waals surface area contributed by atoms with Gasteiger partial charge in [0.1, 0.15) is 17.7 Å². The van der Waals surface area contributed by atoms with Gasteiger partial charge in [0, 0.05) is 5.56 Å². The Morgan fingerprint density at radius 1 is 1.32 bits per heavy atom. The quantitative estimate of drug-likeness (QED) is 0.897. The van der Waals surface area contributed by atoms with E-state index in [0.29, 0.717) is 21.9 Å². The van der Waals surface area contributed by atoms with Crippen molar-refractivity contribution in [1.29, 1.82) is 0 Å². The van der Waals surface area contributed by atoms with Crippen molar-refractivity contribution in [3.63, 3.8) is 0 Å². The minimum Gasteiger partial charge on any atom is -0.495 e. The highest BCUT2D eigenvalue weighted by Crippen LogP contribution is 2.33. The van der Waals surface area contributed by atoms with E-state index < -0.39 is 11.9 Å². The normalized spacial score (nSPS) is 12.3. The van der Waals surface area contributed by atoms with Crippen molar-refractivity contribution in [3.05, 3.63) is 62.8 Å². The monoisotopic (exact) mass is 344 g/mol. The van der Waals surface area contributed by atoms with Gasteiger partial charge in [-0.05, 0) is 39.7 Å².